The van der Waals surface area contributed by atoms with Crippen molar-refractivity contribution < 1.29 is 4.84 Å². The molecule has 0 saturated heterocycles. The van der Waals surface area contributed by atoms with Crippen LogP contribution in [0.25, 0.3) is 11.0 Å². The summed E-state index contributed by atoms with van der Waals surface area (Å²) in [5.74, 6) is 5.84. The van der Waals surface area contributed by atoms with Crippen molar-refractivity contribution in [2.75, 3.05) is 6.61 Å². The number of imidazole rings is 1. The van der Waals surface area contributed by atoms with Gasteiger partial charge in [-0.1, -0.05) is 12.1 Å². The molecule has 0 saturated carbocycles. The van der Waals surface area contributed by atoms with Gasteiger partial charge in [-0.05, 0) is 12.1 Å². The molecule has 68 valence electrons. The lowest BCUT2D eigenvalue weighted by Crippen LogP contribution is -2.04. The zero-order chi connectivity index (χ0) is 9.10. The summed E-state index contributed by atoms with van der Waals surface area (Å²) in [6.07, 6.45) is 0.713. The van der Waals surface area contributed by atoms with Crippen molar-refractivity contribution in [1.82, 2.24) is 9.97 Å². The maximum absolute atomic E-state index is 4.93. The minimum Gasteiger partial charge on any atom is -0.342 e. The Kier molecular flexibility index (Phi) is 2.25. The Morgan fingerprint density at radius 2 is 2.23 bits per heavy atom. The van der Waals surface area contributed by atoms with Crippen LogP contribution in [0.4, 0.5) is 0 Å². The molecule has 4 nitrogen and oxygen atoms in total. The molecular formula is C9H11N3O. The molecule has 0 fully saturated rings. The Morgan fingerprint density at radius 1 is 1.38 bits per heavy atom. The quantitative estimate of drug-likeness (QED) is 0.687. The standard InChI is InChI=1S/C9H11N3O/c10-13-6-5-9-11-7-3-1-2-4-8(7)12-9/h1-4H,5-6,10H2,(H,11,12). The molecular weight excluding hydrogens is 166 g/mol. The number of H-pyrrole nitrogens is 1. The van der Waals surface area contributed by atoms with Gasteiger partial charge in [0.15, 0.2) is 0 Å². The number of fused-ring (bicyclic) bond motifs is 1. The highest BCUT2D eigenvalue weighted by atomic mass is 16.6. The third kappa shape index (κ3) is 1.68. The zero-order valence-electron chi connectivity index (χ0n) is 7.16. The largest absolute Gasteiger partial charge is 0.342 e. The van der Waals surface area contributed by atoms with Crippen LogP contribution in [0.5, 0.6) is 0 Å². The summed E-state index contributed by atoms with van der Waals surface area (Å²) in [6.45, 7) is 0.486. The lowest BCUT2D eigenvalue weighted by atomic mass is 10.3. The van der Waals surface area contributed by atoms with Crippen molar-refractivity contribution in [3.8, 4) is 0 Å². The smallest absolute Gasteiger partial charge is 0.109 e. The van der Waals surface area contributed by atoms with Gasteiger partial charge in [0.05, 0.1) is 17.6 Å². The number of nitrogens with zero attached hydrogens (tertiary/aromatic N) is 1. The summed E-state index contributed by atoms with van der Waals surface area (Å²) < 4.78 is 0. The van der Waals surface area contributed by atoms with Gasteiger partial charge in [0.2, 0.25) is 0 Å². The molecule has 0 aliphatic carbocycles. The third-order valence-corrected chi connectivity index (χ3v) is 1.90. The zero-order valence-corrected chi connectivity index (χ0v) is 7.16. The molecule has 3 N–H and O–H groups in total. The molecule has 0 aliphatic rings. The van der Waals surface area contributed by atoms with Gasteiger partial charge < -0.3 is 9.82 Å². The van der Waals surface area contributed by atoms with E-state index in [9.17, 15) is 0 Å². The van der Waals surface area contributed by atoms with Crippen LogP contribution in [0, 0.1) is 0 Å². The first kappa shape index (κ1) is 8.22. The highest BCUT2D eigenvalue weighted by molar-refractivity contribution is 5.74. The third-order valence-electron chi connectivity index (χ3n) is 1.90. The maximum atomic E-state index is 4.93. The molecule has 0 bridgehead atoms. The monoisotopic (exact) mass is 177 g/mol. The Balaban J connectivity index is 2.28. The summed E-state index contributed by atoms with van der Waals surface area (Å²) in [5.41, 5.74) is 2.03. The molecule has 1 aromatic carbocycles. The van der Waals surface area contributed by atoms with Crippen LogP contribution in [0.3, 0.4) is 0 Å². The number of hydrogen-bond donors (Lipinski definition) is 2. The second-order valence-electron chi connectivity index (χ2n) is 2.82. The molecule has 1 heterocycles. The van der Waals surface area contributed by atoms with Gasteiger partial charge in [0, 0.05) is 6.42 Å². The molecule has 2 rings (SSSR count). The van der Waals surface area contributed by atoms with E-state index >= 15 is 0 Å². The minimum atomic E-state index is 0.486. The summed E-state index contributed by atoms with van der Waals surface area (Å²) >= 11 is 0. The molecule has 0 amide bonds. The first-order valence-corrected chi connectivity index (χ1v) is 4.15. The molecule has 0 radical (unpaired) electrons. The van der Waals surface area contributed by atoms with E-state index in [1.165, 1.54) is 0 Å². The lowest BCUT2D eigenvalue weighted by Gasteiger charge is -1.92. The van der Waals surface area contributed by atoms with E-state index in [-0.39, 0.29) is 0 Å². The van der Waals surface area contributed by atoms with Crippen molar-refractivity contribution in [1.29, 1.82) is 0 Å². The van der Waals surface area contributed by atoms with Crippen LogP contribution < -0.4 is 5.90 Å². The van der Waals surface area contributed by atoms with Crippen molar-refractivity contribution in [2.24, 2.45) is 5.90 Å². The number of rotatable bonds is 3. The molecule has 0 atom stereocenters. The fourth-order valence-electron chi connectivity index (χ4n) is 1.28. The Morgan fingerprint density at radius 3 is 3.00 bits per heavy atom. The molecule has 13 heavy (non-hydrogen) atoms. The molecule has 4 heteroatoms. The predicted octanol–water partition coefficient (Wildman–Crippen LogP) is 0.996. The molecule has 0 aliphatic heterocycles. The van der Waals surface area contributed by atoms with Crippen LogP contribution >= 0.6 is 0 Å². The highest BCUT2D eigenvalue weighted by Gasteiger charge is 2.00. The van der Waals surface area contributed by atoms with Gasteiger partial charge in [-0.25, -0.2) is 10.9 Å². The van der Waals surface area contributed by atoms with Gasteiger partial charge in [0.1, 0.15) is 5.82 Å². The van der Waals surface area contributed by atoms with Crippen molar-refractivity contribution in [3.05, 3.63) is 30.1 Å². The second-order valence-corrected chi connectivity index (χ2v) is 2.82. The second kappa shape index (κ2) is 3.55. The van der Waals surface area contributed by atoms with Crippen LogP contribution in [0.2, 0.25) is 0 Å². The van der Waals surface area contributed by atoms with Crippen LogP contribution in [-0.4, -0.2) is 16.6 Å². The van der Waals surface area contributed by atoms with Gasteiger partial charge >= 0.3 is 0 Å². The van der Waals surface area contributed by atoms with E-state index in [0.717, 1.165) is 16.9 Å². The van der Waals surface area contributed by atoms with Gasteiger partial charge in [-0.3, -0.25) is 0 Å². The fraction of sp³-hybridized carbons (Fsp3) is 0.222. The molecule has 1 aromatic heterocycles. The van der Waals surface area contributed by atoms with Gasteiger partial charge in [-0.2, -0.15) is 0 Å². The number of para-hydroxylation sites is 2. The van der Waals surface area contributed by atoms with Crippen LogP contribution in [-0.2, 0) is 11.3 Å². The average Bonchev–Trinajstić information content (AvgIpc) is 2.57. The number of aromatic amines is 1. The molecule has 0 unspecified atom stereocenters. The van der Waals surface area contributed by atoms with E-state index < -0.39 is 0 Å². The summed E-state index contributed by atoms with van der Waals surface area (Å²) in [7, 11) is 0. The maximum Gasteiger partial charge on any atom is 0.109 e. The molecule has 0 spiro atoms. The highest BCUT2D eigenvalue weighted by Crippen LogP contribution is 2.10. The van der Waals surface area contributed by atoms with E-state index in [2.05, 4.69) is 14.8 Å². The number of nitrogens with two attached hydrogens (primary N) is 1. The number of benzene rings is 1. The SMILES string of the molecule is NOCCc1nc2ccccc2[nH]1. The van der Waals surface area contributed by atoms with Crippen molar-refractivity contribution in [3.63, 3.8) is 0 Å². The van der Waals surface area contributed by atoms with Crippen LogP contribution in [0.1, 0.15) is 5.82 Å². The van der Waals surface area contributed by atoms with Crippen LogP contribution in [0.15, 0.2) is 24.3 Å². The Hall–Kier alpha value is -1.39. The summed E-state index contributed by atoms with van der Waals surface area (Å²) in [5, 5.41) is 0. The first-order valence-electron chi connectivity index (χ1n) is 4.15. The summed E-state index contributed by atoms with van der Waals surface area (Å²) in [4.78, 5) is 12.0. The number of hydrogen-bond acceptors (Lipinski definition) is 3. The first-order chi connectivity index (χ1) is 6.40. The van der Waals surface area contributed by atoms with Gasteiger partial charge in [-0.15, -0.1) is 0 Å². The fourth-order valence-corrected chi connectivity index (χ4v) is 1.28. The van der Waals surface area contributed by atoms with E-state index in [4.69, 9.17) is 5.90 Å². The van der Waals surface area contributed by atoms with Gasteiger partial charge in [0.25, 0.3) is 0 Å². The Bertz CT molecular complexity index is 363. The number of nitrogens with one attached hydrogen (secondary N) is 1. The lowest BCUT2D eigenvalue weighted by molar-refractivity contribution is 0.140. The molecule has 2 aromatic rings. The predicted molar refractivity (Wildman–Crippen MR) is 49.9 cm³/mol. The Labute approximate surface area is 75.7 Å². The van der Waals surface area contributed by atoms with E-state index in [1.807, 2.05) is 24.3 Å². The average molecular weight is 177 g/mol. The van der Waals surface area contributed by atoms with Crippen molar-refractivity contribution in [2.45, 2.75) is 6.42 Å². The minimum absolute atomic E-state index is 0.486. The topological polar surface area (TPSA) is 63.9 Å². The van der Waals surface area contributed by atoms with E-state index in [0.29, 0.717) is 13.0 Å². The van der Waals surface area contributed by atoms with Crippen molar-refractivity contribution >= 4 is 11.0 Å². The van der Waals surface area contributed by atoms with E-state index in [1.54, 1.807) is 0 Å². The summed E-state index contributed by atoms with van der Waals surface area (Å²) in [6, 6.07) is 7.91. The normalized spacial score (nSPS) is 10.8. The number of aromatic nitrogens is 2.